The van der Waals surface area contributed by atoms with E-state index in [1.165, 1.54) is 18.4 Å². The van der Waals surface area contributed by atoms with Crippen LogP contribution in [0, 0.1) is 5.92 Å². The van der Waals surface area contributed by atoms with Crippen molar-refractivity contribution < 1.29 is 27.2 Å². The average Bonchev–Trinajstić information content (AvgIpc) is 3.32. The molecule has 2 heterocycles. The fourth-order valence-electron chi connectivity index (χ4n) is 3.37. The molecular formula is C21H27N3O6S. The summed E-state index contributed by atoms with van der Waals surface area (Å²) in [7, 11) is -2.04. The molecule has 1 aliphatic heterocycles. The summed E-state index contributed by atoms with van der Waals surface area (Å²) in [5.41, 5.74) is 0.525. The van der Waals surface area contributed by atoms with Crippen LogP contribution < -0.4 is 10.0 Å². The Morgan fingerprint density at radius 2 is 1.87 bits per heavy atom. The van der Waals surface area contributed by atoms with E-state index in [1.807, 2.05) is 0 Å². The van der Waals surface area contributed by atoms with Crippen LogP contribution in [0.1, 0.15) is 29.8 Å². The number of carbonyl (C=O) groups excluding carboxylic acids is 2. The zero-order valence-electron chi connectivity index (χ0n) is 17.4. The zero-order valence-corrected chi connectivity index (χ0v) is 18.2. The number of carbonyl (C=O) groups is 2. The minimum Gasteiger partial charge on any atom is -0.459 e. The Hall–Kier alpha value is -2.69. The maximum Gasteiger partial charge on any atom is 0.289 e. The Balaban J connectivity index is 1.49. The molecule has 1 aliphatic rings. The molecular weight excluding hydrogens is 422 g/mol. The van der Waals surface area contributed by atoms with Gasteiger partial charge >= 0.3 is 0 Å². The number of methoxy groups -OCH3 is 1. The monoisotopic (exact) mass is 449 g/mol. The lowest BCUT2D eigenvalue weighted by molar-refractivity contribution is -0.121. The molecule has 0 radical (unpaired) electrons. The molecule has 1 aromatic carbocycles. The largest absolute Gasteiger partial charge is 0.459 e. The molecule has 10 heteroatoms. The van der Waals surface area contributed by atoms with Crippen LogP contribution in [-0.2, 0) is 19.6 Å². The van der Waals surface area contributed by atoms with E-state index in [-0.39, 0.29) is 29.2 Å². The van der Waals surface area contributed by atoms with Gasteiger partial charge in [-0.05, 0) is 55.7 Å². The second kappa shape index (κ2) is 10.6. The van der Waals surface area contributed by atoms with Crippen molar-refractivity contribution in [3.63, 3.8) is 0 Å². The third kappa shape index (κ3) is 6.16. The van der Waals surface area contributed by atoms with Gasteiger partial charge in [-0.3, -0.25) is 9.59 Å². The zero-order chi connectivity index (χ0) is 22.3. The standard InChI is InChI=1S/C21H27N3O6S/c1-29-14-3-11-22-31(27,28)18-7-5-17(6-8-18)23-20(25)16-9-12-24(13-10-16)21(26)19-4-2-15-30-19/h2,4-8,15-16,22H,3,9-14H2,1H3,(H,23,25). The maximum atomic E-state index is 12.6. The molecule has 2 amide bonds. The number of rotatable bonds is 9. The van der Waals surface area contributed by atoms with Crippen molar-refractivity contribution in [3.05, 3.63) is 48.4 Å². The number of benzene rings is 1. The van der Waals surface area contributed by atoms with E-state index < -0.39 is 10.0 Å². The van der Waals surface area contributed by atoms with Gasteiger partial charge in [-0.15, -0.1) is 0 Å². The van der Waals surface area contributed by atoms with Gasteiger partial charge < -0.3 is 19.4 Å². The number of ether oxygens (including phenoxy) is 1. The van der Waals surface area contributed by atoms with Crippen molar-refractivity contribution in [1.29, 1.82) is 0 Å². The number of nitrogens with zero attached hydrogens (tertiary/aromatic N) is 1. The van der Waals surface area contributed by atoms with Crippen LogP contribution in [0.2, 0.25) is 0 Å². The van der Waals surface area contributed by atoms with Crippen LogP contribution in [0.3, 0.4) is 0 Å². The Bertz CT molecular complexity index is 965. The second-order valence-electron chi connectivity index (χ2n) is 7.30. The normalized spacial score (nSPS) is 15.1. The highest BCUT2D eigenvalue weighted by molar-refractivity contribution is 7.89. The van der Waals surface area contributed by atoms with Gasteiger partial charge in [0.2, 0.25) is 15.9 Å². The van der Waals surface area contributed by atoms with Crippen molar-refractivity contribution in [3.8, 4) is 0 Å². The number of hydrogen-bond donors (Lipinski definition) is 2. The SMILES string of the molecule is COCCCNS(=O)(=O)c1ccc(NC(=O)C2CCN(C(=O)c3ccco3)CC2)cc1. The summed E-state index contributed by atoms with van der Waals surface area (Å²) in [6, 6.07) is 9.34. The lowest BCUT2D eigenvalue weighted by Crippen LogP contribution is -2.41. The van der Waals surface area contributed by atoms with E-state index in [4.69, 9.17) is 9.15 Å². The van der Waals surface area contributed by atoms with Gasteiger partial charge in [0.05, 0.1) is 11.2 Å². The van der Waals surface area contributed by atoms with Crippen LogP contribution in [0.4, 0.5) is 5.69 Å². The molecule has 31 heavy (non-hydrogen) atoms. The van der Waals surface area contributed by atoms with Crippen LogP contribution in [0.5, 0.6) is 0 Å². The fraction of sp³-hybridized carbons (Fsp3) is 0.429. The molecule has 0 atom stereocenters. The first kappa shape index (κ1) is 23.0. The summed E-state index contributed by atoms with van der Waals surface area (Å²) in [4.78, 5) is 26.7. The van der Waals surface area contributed by atoms with Crippen molar-refractivity contribution in [2.45, 2.75) is 24.2 Å². The van der Waals surface area contributed by atoms with Gasteiger partial charge in [0.25, 0.3) is 5.91 Å². The van der Waals surface area contributed by atoms with E-state index in [9.17, 15) is 18.0 Å². The lowest BCUT2D eigenvalue weighted by atomic mass is 9.95. The molecule has 2 aromatic rings. The number of sulfonamides is 1. The molecule has 9 nitrogen and oxygen atoms in total. The quantitative estimate of drug-likeness (QED) is 0.566. The predicted octanol–water partition coefficient (Wildman–Crippen LogP) is 2.09. The van der Waals surface area contributed by atoms with E-state index in [0.717, 1.165) is 0 Å². The third-order valence-corrected chi connectivity index (χ3v) is 6.61. The van der Waals surface area contributed by atoms with E-state index in [2.05, 4.69) is 10.0 Å². The van der Waals surface area contributed by atoms with Crippen molar-refractivity contribution >= 4 is 27.5 Å². The Morgan fingerprint density at radius 1 is 1.16 bits per heavy atom. The van der Waals surface area contributed by atoms with Crippen molar-refractivity contribution in [2.75, 3.05) is 38.7 Å². The molecule has 0 unspecified atom stereocenters. The van der Waals surface area contributed by atoms with Gasteiger partial charge in [-0.1, -0.05) is 0 Å². The summed E-state index contributed by atoms with van der Waals surface area (Å²) in [5, 5.41) is 2.83. The van der Waals surface area contributed by atoms with Gasteiger partial charge in [0, 0.05) is 45.0 Å². The van der Waals surface area contributed by atoms with E-state index >= 15 is 0 Å². The van der Waals surface area contributed by atoms with Gasteiger partial charge in [-0.25, -0.2) is 13.1 Å². The lowest BCUT2D eigenvalue weighted by Gasteiger charge is -2.30. The molecule has 0 saturated carbocycles. The van der Waals surface area contributed by atoms with Crippen LogP contribution in [0.25, 0.3) is 0 Å². The molecule has 1 fully saturated rings. The Morgan fingerprint density at radius 3 is 2.48 bits per heavy atom. The van der Waals surface area contributed by atoms with Gasteiger partial charge in [-0.2, -0.15) is 0 Å². The van der Waals surface area contributed by atoms with Gasteiger partial charge in [0.15, 0.2) is 5.76 Å². The summed E-state index contributed by atoms with van der Waals surface area (Å²) < 4.78 is 37.1. The molecule has 1 aromatic heterocycles. The molecule has 3 rings (SSSR count). The molecule has 168 valence electrons. The number of hydrogen-bond acceptors (Lipinski definition) is 6. The minimum atomic E-state index is -3.60. The number of nitrogens with one attached hydrogen (secondary N) is 2. The van der Waals surface area contributed by atoms with E-state index in [0.29, 0.717) is 50.4 Å². The maximum absolute atomic E-state index is 12.6. The number of amides is 2. The highest BCUT2D eigenvalue weighted by Crippen LogP contribution is 2.22. The fourth-order valence-corrected chi connectivity index (χ4v) is 4.44. The number of piperidine rings is 1. The van der Waals surface area contributed by atoms with Crippen LogP contribution in [0.15, 0.2) is 52.0 Å². The van der Waals surface area contributed by atoms with Crippen molar-refractivity contribution in [1.82, 2.24) is 9.62 Å². The van der Waals surface area contributed by atoms with E-state index in [1.54, 1.807) is 36.3 Å². The smallest absolute Gasteiger partial charge is 0.289 e. The summed E-state index contributed by atoms with van der Waals surface area (Å²) in [6.07, 6.45) is 3.14. The summed E-state index contributed by atoms with van der Waals surface area (Å²) >= 11 is 0. The highest BCUT2D eigenvalue weighted by Gasteiger charge is 2.28. The summed E-state index contributed by atoms with van der Waals surface area (Å²) in [5.74, 6) is -0.229. The number of likely N-dealkylation sites (tertiary alicyclic amines) is 1. The predicted molar refractivity (Wildman–Crippen MR) is 114 cm³/mol. The Kier molecular flexibility index (Phi) is 7.83. The first-order valence-electron chi connectivity index (χ1n) is 10.1. The summed E-state index contributed by atoms with van der Waals surface area (Å²) in [6.45, 7) is 1.71. The first-order chi connectivity index (χ1) is 14.9. The molecule has 0 aliphatic carbocycles. The molecule has 0 spiro atoms. The molecule has 2 N–H and O–H groups in total. The minimum absolute atomic E-state index is 0.132. The Labute approximate surface area is 181 Å². The van der Waals surface area contributed by atoms with Crippen LogP contribution in [-0.4, -0.2) is 58.5 Å². The number of anilines is 1. The first-order valence-corrected chi connectivity index (χ1v) is 11.6. The average molecular weight is 450 g/mol. The van der Waals surface area contributed by atoms with Crippen LogP contribution >= 0.6 is 0 Å². The topological polar surface area (TPSA) is 118 Å². The number of furan rings is 1. The van der Waals surface area contributed by atoms with Gasteiger partial charge in [0.1, 0.15) is 0 Å². The second-order valence-corrected chi connectivity index (χ2v) is 9.07. The van der Waals surface area contributed by atoms with Crippen molar-refractivity contribution in [2.24, 2.45) is 5.92 Å². The molecule has 0 bridgehead atoms. The highest BCUT2D eigenvalue weighted by atomic mass is 32.2. The molecule has 1 saturated heterocycles. The third-order valence-electron chi connectivity index (χ3n) is 5.13.